The molecule has 1 aromatic carbocycles. The summed E-state index contributed by atoms with van der Waals surface area (Å²) in [6.45, 7) is 0.659. The normalized spacial score (nSPS) is 19.1. The second kappa shape index (κ2) is 3.20. The Hall–Kier alpha value is -1.58. The Bertz CT molecular complexity index is 468. The summed E-state index contributed by atoms with van der Waals surface area (Å²) in [4.78, 5) is 13.4. The van der Waals surface area contributed by atoms with Gasteiger partial charge in [0.25, 0.3) is 0 Å². The lowest BCUT2D eigenvalue weighted by atomic mass is 10.1. The van der Waals surface area contributed by atoms with Gasteiger partial charge in [-0.05, 0) is 36.5 Å². The zero-order chi connectivity index (χ0) is 11.3. The van der Waals surface area contributed by atoms with Crippen LogP contribution in [0.3, 0.4) is 0 Å². The highest BCUT2D eigenvalue weighted by Crippen LogP contribution is 2.38. The van der Waals surface area contributed by atoms with Crippen LogP contribution in [0.15, 0.2) is 12.1 Å². The molecule has 16 heavy (non-hydrogen) atoms. The molecule has 0 bridgehead atoms. The number of halogens is 1. The van der Waals surface area contributed by atoms with E-state index in [-0.39, 0.29) is 18.1 Å². The number of carbonyl (C=O) groups excluding carboxylic acids is 1. The number of fused-ring (bicyclic) bond motifs is 1. The maximum atomic E-state index is 13.8. The van der Waals surface area contributed by atoms with Gasteiger partial charge in [0.05, 0.1) is 12.1 Å². The molecule has 0 unspecified atom stereocenters. The first kappa shape index (κ1) is 9.63. The van der Waals surface area contributed by atoms with Gasteiger partial charge in [0.15, 0.2) is 0 Å². The molecule has 4 heteroatoms. The number of nitrogen functional groups attached to an aromatic ring is 1. The number of carbonyl (C=O) groups is 1. The Morgan fingerprint density at radius 2 is 2.19 bits per heavy atom. The van der Waals surface area contributed by atoms with Crippen LogP contribution in [0.5, 0.6) is 0 Å². The van der Waals surface area contributed by atoms with Crippen LogP contribution in [0, 0.1) is 11.7 Å². The number of nitrogens with zero attached hydrogens (tertiary/aromatic N) is 1. The van der Waals surface area contributed by atoms with Crippen LogP contribution < -0.4 is 10.6 Å². The quantitative estimate of drug-likeness (QED) is 0.771. The first-order valence-electron chi connectivity index (χ1n) is 5.53. The highest BCUT2D eigenvalue weighted by atomic mass is 19.1. The van der Waals surface area contributed by atoms with Crippen LogP contribution in [0.2, 0.25) is 0 Å². The van der Waals surface area contributed by atoms with Crippen molar-refractivity contribution in [3.05, 3.63) is 23.5 Å². The molecule has 1 aliphatic carbocycles. The highest BCUT2D eigenvalue weighted by molar-refractivity contribution is 6.02. The first-order chi connectivity index (χ1) is 7.65. The fourth-order valence-electron chi connectivity index (χ4n) is 2.25. The fourth-order valence-corrected chi connectivity index (χ4v) is 2.25. The van der Waals surface area contributed by atoms with E-state index in [2.05, 4.69) is 0 Å². The minimum absolute atomic E-state index is 0.00796. The summed E-state index contributed by atoms with van der Waals surface area (Å²) >= 11 is 0. The van der Waals surface area contributed by atoms with Gasteiger partial charge < -0.3 is 10.6 Å². The Labute approximate surface area is 93.0 Å². The SMILES string of the molecule is Nc1cc(F)c2c(c1)CC(=O)N2CC1CC1. The zero-order valence-corrected chi connectivity index (χ0v) is 8.87. The number of anilines is 2. The summed E-state index contributed by atoms with van der Waals surface area (Å²) in [7, 11) is 0. The van der Waals surface area contributed by atoms with Crippen molar-refractivity contribution < 1.29 is 9.18 Å². The van der Waals surface area contributed by atoms with E-state index in [0.29, 0.717) is 23.8 Å². The Morgan fingerprint density at radius 3 is 2.88 bits per heavy atom. The van der Waals surface area contributed by atoms with Crippen molar-refractivity contribution in [2.45, 2.75) is 19.3 Å². The largest absolute Gasteiger partial charge is 0.399 e. The lowest BCUT2D eigenvalue weighted by molar-refractivity contribution is -0.117. The monoisotopic (exact) mass is 220 g/mol. The van der Waals surface area contributed by atoms with E-state index >= 15 is 0 Å². The summed E-state index contributed by atoms with van der Waals surface area (Å²) in [5, 5.41) is 0. The van der Waals surface area contributed by atoms with E-state index in [1.165, 1.54) is 6.07 Å². The van der Waals surface area contributed by atoms with Gasteiger partial charge in [0.2, 0.25) is 5.91 Å². The van der Waals surface area contributed by atoms with E-state index in [1.54, 1.807) is 11.0 Å². The van der Waals surface area contributed by atoms with Gasteiger partial charge >= 0.3 is 0 Å². The first-order valence-corrected chi connectivity index (χ1v) is 5.53. The molecule has 1 heterocycles. The van der Waals surface area contributed by atoms with Gasteiger partial charge in [-0.25, -0.2) is 4.39 Å². The molecule has 0 aromatic heterocycles. The maximum Gasteiger partial charge on any atom is 0.231 e. The van der Waals surface area contributed by atoms with Gasteiger partial charge in [-0.2, -0.15) is 0 Å². The Kier molecular flexibility index (Phi) is 1.93. The van der Waals surface area contributed by atoms with Crippen LogP contribution in [0.1, 0.15) is 18.4 Å². The summed E-state index contributed by atoms with van der Waals surface area (Å²) in [5.41, 5.74) is 7.13. The zero-order valence-electron chi connectivity index (χ0n) is 8.87. The van der Waals surface area contributed by atoms with Crippen LogP contribution in [0.25, 0.3) is 0 Å². The number of hydrogen-bond donors (Lipinski definition) is 1. The summed E-state index contributed by atoms with van der Waals surface area (Å²) in [6, 6.07) is 2.99. The smallest absolute Gasteiger partial charge is 0.231 e. The predicted molar refractivity (Wildman–Crippen MR) is 59.6 cm³/mol. The second-order valence-electron chi connectivity index (χ2n) is 4.63. The van der Waals surface area contributed by atoms with Crippen LogP contribution >= 0.6 is 0 Å². The molecule has 0 radical (unpaired) electrons. The van der Waals surface area contributed by atoms with E-state index in [0.717, 1.165) is 18.4 Å². The lowest BCUT2D eigenvalue weighted by Gasteiger charge is -2.17. The topological polar surface area (TPSA) is 46.3 Å². The lowest BCUT2D eigenvalue weighted by Crippen LogP contribution is -2.29. The van der Waals surface area contributed by atoms with Crippen molar-refractivity contribution in [2.75, 3.05) is 17.2 Å². The predicted octanol–water partition coefficient (Wildman–Crippen LogP) is 1.71. The molecule has 84 valence electrons. The van der Waals surface area contributed by atoms with E-state index < -0.39 is 0 Å². The Morgan fingerprint density at radius 1 is 1.44 bits per heavy atom. The molecule has 2 N–H and O–H groups in total. The van der Waals surface area contributed by atoms with Crippen molar-refractivity contribution >= 4 is 17.3 Å². The molecule has 0 atom stereocenters. The van der Waals surface area contributed by atoms with Crippen molar-refractivity contribution in [1.82, 2.24) is 0 Å². The van der Waals surface area contributed by atoms with Gasteiger partial charge in [0.1, 0.15) is 5.82 Å². The van der Waals surface area contributed by atoms with E-state index in [9.17, 15) is 9.18 Å². The molecule has 0 spiro atoms. The van der Waals surface area contributed by atoms with Gasteiger partial charge in [-0.15, -0.1) is 0 Å². The minimum atomic E-state index is -0.374. The average Bonchev–Trinajstić information content (AvgIpc) is 2.93. The van der Waals surface area contributed by atoms with Crippen molar-refractivity contribution in [1.29, 1.82) is 0 Å². The third kappa shape index (κ3) is 1.45. The molecular formula is C12H13FN2O. The minimum Gasteiger partial charge on any atom is -0.399 e. The molecule has 3 rings (SSSR count). The molecule has 1 fully saturated rings. The molecular weight excluding hydrogens is 207 g/mol. The van der Waals surface area contributed by atoms with Gasteiger partial charge in [-0.1, -0.05) is 0 Å². The maximum absolute atomic E-state index is 13.8. The number of amides is 1. The van der Waals surface area contributed by atoms with Gasteiger partial charge in [-0.3, -0.25) is 4.79 Å². The third-order valence-electron chi connectivity index (χ3n) is 3.22. The standard InChI is InChI=1S/C12H13FN2O/c13-10-5-9(14)3-8-4-11(16)15(12(8)10)6-7-1-2-7/h3,5,7H,1-2,4,6,14H2. The van der Waals surface area contributed by atoms with Crippen LogP contribution in [0.4, 0.5) is 15.8 Å². The number of benzene rings is 1. The molecule has 1 aromatic rings. The molecule has 1 aliphatic heterocycles. The van der Waals surface area contributed by atoms with Crippen molar-refractivity contribution in [3.8, 4) is 0 Å². The second-order valence-corrected chi connectivity index (χ2v) is 4.63. The molecule has 1 amide bonds. The fraction of sp³-hybridized carbons (Fsp3) is 0.417. The highest BCUT2D eigenvalue weighted by Gasteiger charge is 2.34. The average molecular weight is 220 g/mol. The molecule has 1 saturated carbocycles. The number of hydrogen-bond acceptors (Lipinski definition) is 2. The van der Waals surface area contributed by atoms with Crippen LogP contribution in [-0.4, -0.2) is 12.5 Å². The van der Waals surface area contributed by atoms with E-state index in [1.807, 2.05) is 0 Å². The Balaban J connectivity index is 2.01. The molecule has 0 saturated heterocycles. The van der Waals surface area contributed by atoms with Gasteiger partial charge in [0, 0.05) is 12.2 Å². The summed E-state index contributed by atoms with van der Waals surface area (Å²) in [6.07, 6.45) is 2.58. The van der Waals surface area contributed by atoms with Crippen molar-refractivity contribution in [3.63, 3.8) is 0 Å². The summed E-state index contributed by atoms with van der Waals surface area (Å²) in [5.74, 6) is 0.180. The summed E-state index contributed by atoms with van der Waals surface area (Å²) < 4.78 is 13.8. The number of nitrogens with two attached hydrogens (primary N) is 1. The third-order valence-corrected chi connectivity index (χ3v) is 3.22. The molecule has 3 nitrogen and oxygen atoms in total. The van der Waals surface area contributed by atoms with E-state index in [4.69, 9.17) is 5.73 Å². The number of rotatable bonds is 2. The van der Waals surface area contributed by atoms with Crippen LogP contribution in [-0.2, 0) is 11.2 Å². The van der Waals surface area contributed by atoms with Crippen molar-refractivity contribution in [2.24, 2.45) is 5.92 Å². The molecule has 2 aliphatic rings.